The molecule has 0 bridgehead atoms. The number of nitrogens with one attached hydrogen (secondary N) is 1. The van der Waals surface area contributed by atoms with E-state index < -0.39 is 63.1 Å². The maximum Gasteiger partial charge on any atom is 0.434 e. The van der Waals surface area contributed by atoms with Crippen molar-refractivity contribution in [2.75, 3.05) is 0 Å². The number of carbonyl (C=O) groups excluding carboxylic acids is 1. The molecule has 0 fully saturated rings. The summed E-state index contributed by atoms with van der Waals surface area (Å²) >= 11 is 6.19. The van der Waals surface area contributed by atoms with Crippen LogP contribution < -0.4 is 11.3 Å². The summed E-state index contributed by atoms with van der Waals surface area (Å²) in [5.74, 6) is 1.51. The van der Waals surface area contributed by atoms with E-state index in [0.717, 1.165) is 24.4 Å². The van der Waals surface area contributed by atoms with Crippen LogP contribution in [0.4, 0.5) is 22.0 Å². The van der Waals surface area contributed by atoms with E-state index >= 15 is 0 Å². The Hall–Kier alpha value is -3.77. The van der Waals surface area contributed by atoms with E-state index in [1.165, 1.54) is 30.4 Å². The van der Waals surface area contributed by atoms with Gasteiger partial charge in [-0.05, 0) is 18.2 Å². The highest BCUT2D eigenvalue weighted by molar-refractivity contribution is 6.28. The van der Waals surface area contributed by atoms with Crippen LogP contribution in [0.5, 0.6) is 0 Å². The smallest absolute Gasteiger partial charge is 0.355 e. The average molecular weight is 498 g/mol. The van der Waals surface area contributed by atoms with Gasteiger partial charge in [-0.15, -0.1) is 11.6 Å². The van der Waals surface area contributed by atoms with Crippen molar-refractivity contribution in [3.05, 3.63) is 83.4 Å². The number of allylic oxidation sites excluding steroid dienone is 6. The number of alkyl halides is 4. The van der Waals surface area contributed by atoms with Crippen molar-refractivity contribution in [2.24, 2.45) is 5.84 Å². The Balaban J connectivity index is 2.00. The number of amides is 1. The number of rotatable bonds is 4. The van der Waals surface area contributed by atoms with Crippen LogP contribution >= 0.6 is 11.6 Å². The first-order chi connectivity index (χ1) is 16.1. The zero-order valence-electron chi connectivity index (χ0n) is 16.8. The molecule has 0 radical (unpaired) electrons. The van der Waals surface area contributed by atoms with Crippen molar-refractivity contribution in [2.45, 2.75) is 11.6 Å². The van der Waals surface area contributed by atoms with Crippen LogP contribution in [-0.2, 0) is 6.18 Å². The number of nitrogens with zero attached hydrogens (tertiary/aromatic N) is 3. The fourth-order valence-corrected chi connectivity index (χ4v) is 3.69. The Labute approximate surface area is 192 Å². The van der Waals surface area contributed by atoms with E-state index in [2.05, 4.69) is 10.3 Å². The van der Waals surface area contributed by atoms with E-state index in [4.69, 9.17) is 22.0 Å². The summed E-state index contributed by atoms with van der Waals surface area (Å²) in [4.78, 5) is 12.6. The number of nitrogens with two attached hydrogens (primary N) is 1. The molecule has 34 heavy (non-hydrogen) atoms. The van der Waals surface area contributed by atoms with Crippen molar-refractivity contribution in [1.82, 2.24) is 20.4 Å². The Morgan fingerprint density at radius 2 is 1.94 bits per heavy atom. The van der Waals surface area contributed by atoms with Crippen LogP contribution in [0, 0.1) is 5.82 Å². The molecular formula is C21H13ClF5N5O2. The lowest BCUT2D eigenvalue weighted by Gasteiger charge is -2.13. The van der Waals surface area contributed by atoms with E-state index in [-0.39, 0.29) is 5.57 Å². The number of nitrogen functional groups attached to an aromatic ring is 1. The molecule has 0 saturated heterocycles. The summed E-state index contributed by atoms with van der Waals surface area (Å²) < 4.78 is 76.8. The molecule has 1 atom stereocenters. The maximum absolute atomic E-state index is 14.7. The van der Waals surface area contributed by atoms with Crippen molar-refractivity contribution in [3.8, 4) is 17.0 Å². The lowest BCUT2D eigenvalue weighted by molar-refractivity contribution is -0.142. The molecule has 7 nitrogen and oxygen atoms in total. The number of carbonyl (C=O) groups is 1. The minimum absolute atomic E-state index is 0.318. The molecule has 2 aromatic heterocycles. The highest BCUT2D eigenvalue weighted by atomic mass is 35.5. The van der Waals surface area contributed by atoms with Crippen LogP contribution in [0.3, 0.4) is 0 Å². The monoisotopic (exact) mass is 497 g/mol. The van der Waals surface area contributed by atoms with E-state index in [1.807, 2.05) is 0 Å². The quantitative estimate of drug-likeness (QED) is 0.179. The summed E-state index contributed by atoms with van der Waals surface area (Å²) in [5, 5.41) is 6.15. The Morgan fingerprint density at radius 1 is 1.21 bits per heavy atom. The van der Waals surface area contributed by atoms with E-state index in [9.17, 15) is 26.7 Å². The van der Waals surface area contributed by atoms with Gasteiger partial charge < -0.3 is 4.52 Å². The van der Waals surface area contributed by atoms with Crippen molar-refractivity contribution < 1.29 is 31.3 Å². The predicted molar refractivity (Wildman–Crippen MR) is 112 cm³/mol. The van der Waals surface area contributed by atoms with Crippen molar-refractivity contribution in [1.29, 1.82) is 0 Å². The normalized spacial score (nSPS) is 16.1. The molecule has 13 heteroatoms. The van der Waals surface area contributed by atoms with Gasteiger partial charge in [-0.1, -0.05) is 35.5 Å². The molecule has 176 valence electrons. The van der Waals surface area contributed by atoms with Crippen LogP contribution in [0.25, 0.3) is 22.6 Å². The predicted octanol–water partition coefficient (Wildman–Crippen LogP) is 4.70. The second kappa shape index (κ2) is 8.88. The first-order valence-corrected chi connectivity index (χ1v) is 9.88. The Bertz CT molecular complexity index is 1360. The molecule has 0 saturated carbocycles. The second-order valence-electron chi connectivity index (χ2n) is 6.88. The molecule has 1 unspecified atom stereocenters. The van der Waals surface area contributed by atoms with Gasteiger partial charge in [-0.3, -0.25) is 10.2 Å². The summed E-state index contributed by atoms with van der Waals surface area (Å²) in [6.07, 6.45) is 0.823. The van der Waals surface area contributed by atoms with Gasteiger partial charge in [-0.25, -0.2) is 19.3 Å². The summed E-state index contributed by atoms with van der Waals surface area (Å²) in [7, 11) is 0. The number of para-hydroxylation sites is 1. The molecule has 1 aliphatic rings. The van der Waals surface area contributed by atoms with Crippen LogP contribution in [0.1, 0.15) is 21.7 Å². The lowest BCUT2D eigenvalue weighted by atomic mass is 9.99. The number of benzene rings is 1. The van der Waals surface area contributed by atoms with Crippen LogP contribution in [-0.4, -0.2) is 26.2 Å². The topological polar surface area (TPSA) is 99.0 Å². The van der Waals surface area contributed by atoms with Gasteiger partial charge >= 0.3 is 6.18 Å². The molecule has 2 heterocycles. The number of halogens is 6. The van der Waals surface area contributed by atoms with Crippen LogP contribution in [0.15, 0.2) is 65.1 Å². The zero-order chi connectivity index (χ0) is 24.6. The van der Waals surface area contributed by atoms with Gasteiger partial charge in [0.15, 0.2) is 11.5 Å². The van der Waals surface area contributed by atoms with Gasteiger partial charge in [0.2, 0.25) is 0 Å². The summed E-state index contributed by atoms with van der Waals surface area (Å²) in [6.45, 7) is 0. The first kappa shape index (κ1) is 23.4. The standard InChI is InChI=1S/C21H13ClF5N5O2/c22-11-5-1-2-7-13(24)15(11)17-16(20(33)30-28)18(34-31-17)10-9-29-32(19(10)21(25,26)27)14-8-4-3-6-12(14)23/h1-9,11H,28H2,(H,30,33). The fraction of sp³-hybridized carbons (Fsp3) is 0.0952. The second-order valence-corrected chi connectivity index (χ2v) is 7.35. The van der Waals surface area contributed by atoms with Crippen molar-refractivity contribution in [3.63, 3.8) is 0 Å². The van der Waals surface area contributed by atoms with E-state index in [0.29, 0.717) is 4.68 Å². The third-order valence-corrected chi connectivity index (χ3v) is 5.20. The third kappa shape index (κ3) is 4.01. The van der Waals surface area contributed by atoms with Gasteiger partial charge in [0, 0.05) is 5.57 Å². The molecule has 3 aromatic rings. The van der Waals surface area contributed by atoms with Crippen molar-refractivity contribution >= 4 is 23.1 Å². The average Bonchev–Trinajstić information content (AvgIpc) is 3.37. The number of hydrogen-bond donors (Lipinski definition) is 2. The molecule has 1 aromatic carbocycles. The Kier molecular flexibility index (Phi) is 6.11. The maximum atomic E-state index is 14.7. The minimum Gasteiger partial charge on any atom is -0.355 e. The molecule has 0 spiro atoms. The van der Waals surface area contributed by atoms with Gasteiger partial charge in [0.05, 0.1) is 17.1 Å². The van der Waals surface area contributed by atoms with Gasteiger partial charge in [0.25, 0.3) is 5.91 Å². The molecule has 1 amide bonds. The zero-order valence-corrected chi connectivity index (χ0v) is 17.5. The Morgan fingerprint density at radius 3 is 2.62 bits per heavy atom. The third-order valence-electron chi connectivity index (χ3n) is 4.84. The van der Waals surface area contributed by atoms with Gasteiger partial charge in [-0.2, -0.15) is 18.3 Å². The molecule has 4 rings (SSSR count). The minimum atomic E-state index is -5.08. The molecule has 3 N–H and O–H groups in total. The highest BCUT2D eigenvalue weighted by Crippen LogP contribution is 2.42. The van der Waals surface area contributed by atoms with E-state index in [1.54, 1.807) is 5.43 Å². The molecule has 0 aliphatic heterocycles. The first-order valence-electron chi connectivity index (χ1n) is 9.45. The molecular weight excluding hydrogens is 485 g/mol. The summed E-state index contributed by atoms with van der Waals surface area (Å²) in [6, 6.07) is 4.66. The van der Waals surface area contributed by atoms with Gasteiger partial charge in [0.1, 0.15) is 28.6 Å². The summed E-state index contributed by atoms with van der Waals surface area (Å²) in [5.41, 5.74) is -2.32. The van der Waals surface area contributed by atoms with Crippen LogP contribution in [0.2, 0.25) is 0 Å². The number of aromatic nitrogens is 3. The molecule has 1 aliphatic carbocycles. The highest BCUT2D eigenvalue weighted by Gasteiger charge is 2.42. The fourth-order valence-electron chi connectivity index (χ4n) is 3.40. The largest absolute Gasteiger partial charge is 0.434 e. The number of hydrogen-bond acceptors (Lipinski definition) is 5. The lowest BCUT2D eigenvalue weighted by Crippen LogP contribution is -2.31. The number of hydrazine groups is 1. The SMILES string of the molecule is NNC(=O)c1c(C2=C(F)C=CC=CC2Cl)noc1-c1cnn(-c2ccccc2F)c1C(F)(F)F.